The third-order valence-corrected chi connectivity index (χ3v) is 5.06. The summed E-state index contributed by atoms with van der Waals surface area (Å²) in [7, 11) is 0. The summed E-state index contributed by atoms with van der Waals surface area (Å²) in [5.41, 5.74) is 4.14. The Labute approximate surface area is 156 Å². The minimum absolute atomic E-state index is 0.741. The van der Waals surface area contributed by atoms with Crippen LogP contribution < -0.4 is 0 Å². The van der Waals surface area contributed by atoms with Crippen LogP contribution in [0.25, 0.3) is 44.2 Å². The molecule has 0 unspecified atom stereocenters. The standard InChI is InChI=1S/C24H15ClO/c25-21-15-20-22(16-9-3-1-4-10-16)23(17-11-5-2-6-12-17)26-24(20)19-14-8-7-13-18(19)21/h1-15H. The Bertz CT molecular complexity index is 1220. The number of hydrogen-bond acceptors (Lipinski definition) is 1. The predicted molar refractivity (Wildman–Crippen MR) is 110 cm³/mol. The van der Waals surface area contributed by atoms with Crippen LogP contribution in [-0.4, -0.2) is 0 Å². The van der Waals surface area contributed by atoms with Crippen molar-refractivity contribution in [1.29, 1.82) is 0 Å². The molecule has 4 aromatic carbocycles. The van der Waals surface area contributed by atoms with E-state index < -0.39 is 0 Å². The Hall–Kier alpha value is -3.03. The summed E-state index contributed by atoms with van der Waals surface area (Å²) in [5.74, 6) is 0.874. The van der Waals surface area contributed by atoms with E-state index >= 15 is 0 Å². The summed E-state index contributed by atoms with van der Waals surface area (Å²) in [4.78, 5) is 0. The molecule has 5 aromatic rings. The van der Waals surface area contributed by atoms with Gasteiger partial charge in [0, 0.05) is 32.3 Å². The van der Waals surface area contributed by atoms with Crippen molar-refractivity contribution in [2.24, 2.45) is 0 Å². The first-order valence-corrected chi connectivity index (χ1v) is 8.95. The van der Waals surface area contributed by atoms with Crippen molar-refractivity contribution in [2.75, 3.05) is 0 Å². The van der Waals surface area contributed by atoms with Gasteiger partial charge in [0.2, 0.25) is 0 Å². The molecule has 0 bridgehead atoms. The van der Waals surface area contributed by atoms with E-state index in [-0.39, 0.29) is 0 Å². The maximum Gasteiger partial charge on any atom is 0.143 e. The normalized spacial score (nSPS) is 11.3. The van der Waals surface area contributed by atoms with Gasteiger partial charge in [0.25, 0.3) is 0 Å². The second kappa shape index (κ2) is 6.05. The fourth-order valence-electron chi connectivity index (χ4n) is 3.56. The molecule has 0 aliphatic rings. The molecule has 0 N–H and O–H groups in total. The average molecular weight is 355 g/mol. The zero-order valence-corrected chi connectivity index (χ0v) is 14.7. The highest BCUT2D eigenvalue weighted by Gasteiger charge is 2.20. The van der Waals surface area contributed by atoms with Gasteiger partial charge in [0.05, 0.1) is 0 Å². The molecule has 1 nitrogen and oxygen atoms in total. The predicted octanol–water partition coefficient (Wildman–Crippen LogP) is 7.57. The van der Waals surface area contributed by atoms with Gasteiger partial charge in [-0.3, -0.25) is 0 Å². The summed E-state index contributed by atoms with van der Waals surface area (Å²) in [6, 6.07) is 30.7. The van der Waals surface area contributed by atoms with Crippen LogP contribution in [0.1, 0.15) is 0 Å². The number of fused-ring (bicyclic) bond motifs is 3. The lowest BCUT2D eigenvalue weighted by Gasteiger charge is -2.04. The molecule has 0 aliphatic carbocycles. The molecule has 0 saturated heterocycles. The quantitative estimate of drug-likeness (QED) is 0.318. The minimum atomic E-state index is 0.741. The first-order chi connectivity index (χ1) is 12.8. The second-order valence-corrected chi connectivity index (χ2v) is 6.73. The van der Waals surface area contributed by atoms with E-state index in [0.717, 1.165) is 49.2 Å². The van der Waals surface area contributed by atoms with Gasteiger partial charge in [0.1, 0.15) is 11.3 Å². The van der Waals surface area contributed by atoms with Gasteiger partial charge in [-0.15, -0.1) is 0 Å². The fourth-order valence-corrected chi connectivity index (χ4v) is 3.83. The molecule has 0 saturated carbocycles. The molecule has 2 heteroatoms. The summed E-state index contributed by atoms with van der Waals surface area (Å²) < 4.78 is 6.45. The molecule has 124 valence electrons. The summed E-state index contributed by atoms with van der Waals surface area (Å²) >= 11 is 6.61. The van der Waals surface area contributed by atoms with E-state index in [1.807, 2.05) is 60.7 Å². The lowest BCUT2D eigenvalue weighted by Crippen LogP contribution is -1.81. The summed E-state index contributed by atoms with van der Waals surface area (Å²) in [6.45, 7) is 0. The number of halogens is 1. The van der Waals surface area contributed by atoms with Crippen molar-refractivity contribution in [1.82, 2.24) is 0 Å². The zero-order valence-electron chi connectivity index (χ0n) is 13.9. The van der Waals surface area contributed by atoms with Crippen LogP contribution in [0.4, 0.5) is 0 Å². The van der Waals surface area contributed by atoms with Crippen molar-refractivity contribution in [3.63, 3.8) is 0 Å². The number of hydrogen-bond donors (Lipinski definition) is 0. The van der Waals surface area contributed by atoms with Crippen LogP contribution in [0.2, 0.25) is 5.02 Å². The van der Waals surface area contributed by atoms with Gasteiger partial charge in [-0.1, -0.05) is 96.5 Å². The molecule has 0 amide bonds. The number of benzene rings is 4. The maximum absolute atomic E-state index is 6.61. The van der Waals surface area contributed by atoms with Gasteiger partial charge >= 0.3 is 0 Å². The first kappa shape index (κ1) is 15.2. The monoisotopic (exact) mass is 354 g/mol. The number of rotatable bonds is 2. The average Bonchev–Trinajstić information content (AvgIpc) is 3.09. The minimum Gasteiger partial charge on any atom is -0.455 e. The van der Waals surface area contributed by atoms with E-state index in [2.05, 4.69) is 30.3 Å². The SMILES string of the molecule is Clc1cc2c(-c3ccccc3)c(-c3ccccc3)oc2c2ccccc12. The summed E-state index contributed by atoms with van der Waals surface area (Å²) in [5, 5.41) is 3.83. The zero-order chi connectivity index (χ0) is 17.5. The largest absolute Gasteiger partial charge is 0.455 e. The Morgan fingerprint density at radius 2 is 1.15 bits per heavy atom. The van der Waals surface area contributed by atoms with Crippen LogP contribution in [-0.2, 0) is 0 Å². The van der Waals surface area contributed by atoms with Crippen molar-refractivity contribution in [3.05, 3.63) is 96.0 Å². The van der Waals surface area contributed by atoms with Crippen LogP contribution >= 0.6 is 11.6 Å². The van der Waals surface area contributed by atoms with Gasteiger partial charge in [0.15, 0.2) is 0 Å². The molecule has 0 aliphatic heterocycles. The lowest BCUT2D eigenvalue weighted by molar-refractivity contribution is 0.636. The van der Waals surface area contributed by atoms with E-state index in [4.69, 9.17) is 16.0 Å². The molecular weight excluding hydrogens is 340 g/mol. The van der Waals surface area contributed by atoms with Gasteiger partial charge in [-0.25, -0.2) is 0 Å². The van der Waals surface area contributed by atoms with Crippen LogP contribution in [0.15, 0.2) is 95.4 Å². The molecule has 1 aromatic heterocycles. The van der Waals surface area contributed by atoms with E-state index in [0.29, 0.717) is 0 Å². The van der Waals surface area contributed by atoms with Gasteiger partial charge < -0.3 is 4.42 Å². The molecule has 0 spiro atoms. The first-order valence-electron chi connectivity index (χ1n) is 8.57. The smallest absolute Gasteiger partial charge is 0.143 e. The molecular formula is C24H15ClO. The highest BCUT2D eigenvalue weighted by molar-refractivity contribution is 6.37. The van der Waals surface area contributed by atoms with Crippen LogP contribution in [0.5, 0.6) is 0 Å². The topological polar surface area (TPSA) is 13.1 Å². The molecule has 0 fully saturated rings. The van der Waals surface area contributed by atoms with Crippen LogP contribution in [0.3, 0.4) is 0 Å². The molecule has 0 radical (unpaired) electrons. The Morgan fingerprint density at radius 1 is 0.577 bits per heavy atom. The summed E-state index contributed by atoms with van der Waals surface area (Å²) in [6.07, 6.45) is 0. The lowest BCUT2D eigenvalue weighted by atomic mass is 9.97. The molecule has 1 heterocycles. The van der Waals surface area contributed by atoms with E-state index in [9.17, 15) is 0 Å². The molecule has 26 heavy (non-hydrogen) atoms. The van der Waals surface area contributed by atoms with Crippen molar-refractivity contribution < 1.29 is 4.42 Å². The number of furan rings is 1. The third kappa shape index (κ3) is 2.33. The van der Waals surface area contributed by atoms with Gasteiger partial charge in [-0.2, -0.15) is 0 Å². The Kier molecular flexibility index (Phi) is 3.55. The maximum atomic E-state index is 6.61. The second-order valence-electron chi connectivity index (χ2n) is 6.32. The van der Waals surface area contributed by atoms with Crippen molar-refractivity contribution in [2.45, 2.75) is 0 Å². The Balaban J connectivity index is 1.96. The van der Waals surface area contributed by atoms with E-state index in [1.165, 1.54) is 0 Å². The van der Waals surface area contributed by atoms with Crippen LogP contribution in [0, 0.1) is 0 Å². The van der Waals surface area contributed by atoms with Gasteiger partial charge in [-0.05, 0) is 11.6 Å². The molecule has 0 atom stereocenters. The van der Waals surface area contributed by atoms with Crippen molar-refractivity contribution in [3.8, 4) is 22.5 Å². The van der Waals surface area contributed by atoms with E-state index in [1.54, 1.807) is 0 Å². The fraction of sp³-hybridized carbons (Fsp3) is 0. The molecule has 5 rings (SSSR count). The third-order valence-electron chi connectivity index (χ3n) is 4.74. The highest BCUT2D eigenvalue weighted by Crippen LogP contribution is 2.44. The van der Waals surface area contributed by atoms with Crippen molar-refractivity contribution >= 4 is 33.3 Å². The Morgan fingerprint density at radius 3 is 1.85 bits per heavy atom. The highest BCUT2D eigenvalue weighted by atomic mass is 35.5.